The molecule has 11 heteroatoms. The molecule has 0 bridgehead atoms. The summed E-state index contributed by atoms with van der Waals surface area (Å²) in [6, 6.07) is 12.5. The van der Waals surface area contributed by atoms with Crippen molar-refractivity contribution in [1.82, 2.24) is 15.0 Å². The van der Waals surface area contributed by atoms with Crippen molar-refractivity contribution < 1.29 is 14.3 Å². The van der Waals surface area contributed by atoms with Gasteiger partial charge in [0.1, 0.15) is 0 Å². The van der Waals surface area contributed by atoms with E-state index in [9.17, 15) is 4.79 Å². The van der Waals surface area contributed by atoms with Crippen molar-refractivity contribution in [2.45, 2.75) is 25.7 Å². The van der Waals surface area contributed by atoms with Gasteiger partial charge in [0.15, 0.2) is 11.5 Å². The highest BCUT2D eigenvalue weighted by atomic mass is 127. The average Bonchev–Trinajstić information content (AvgIpc) is 3.65. The van der Waals surface area contributed by atoms with Gasteiger partial charge in [-0.2, -0.15) is 20.1 Å². The standard InChI is InChI=1S/C26H28IN7O3/c1-36-22-16-18(10-11-21(22)37-23(35)19-8-2-3-9-20(19)27)17-28-32-24-29-25(33-12-4-5-13-33)31-26(30-24)34-14-6-7-15-34/h2-3,8-11,16-17H,4-7,12-15H2,1H3,(H,29,30,31,32)/b28-17-. The second kappa shape index (κ2) is 11.7. The van der Waals surface area contributed by atoms with Crippen LogP contribution in [0.15, 0.2) is 47.6 Å². The third-order valence-corrected chi connectivity index (χ3v) is 7.19. The van der Waals surface area contributed by atoms with Crippen LogP contribution in [0.25, 0.3) is 0 Å². The highest BCUT2D eigenvalue weighted by molar-refractivity contribution is 14.1. The lowest BCUT2D eigenvalue weighted by molar-refractivity contribution is 0.0728. The van der Waals surface area contributed by atoms with Crippen LogP contribution in [-0.4, -0.2) is 60.4 Å². The first-order valence-electron chi connectivity index (χ1n) is 12.3. The number of benzene rings is 2. The summed E-state index contributed by atoms with van der Waals surface area (Å²) in [5.41, 5.74) is 4.22. The summed E-state index contributed by atoms with van der Waals surface area (Å²) in [6.07, 6.45) is 6.21. The fourth-order valence-electron chi connectivity index (χ4n) is 4.32. The number of anilines is 3. The van der Waals surface area contributed by atoms with E-state index in [1.54, 1.807) is 36.5 Å². The van der Waals surface area contributed by atoms with Gasteiger partial charge in [-0.25, -0.2) is 10.2 Å². The van der Waals surface area contributed by atoms with Gasteiger partial charge < -0.3 is 19.3 Å². The molecule has 3 heterocycles. The number of halogens is 1. The molecule has 10 nitrogen and oxygen atoms in total. The van der Waals surface area contributed by atoms with E-state index in [2.05, 4.69) is 52.9 Å². The van der Waals surface area contributed by atoms with Crippen molar-refractivity contribution in [3.63, 3.8) is 0 Å². The number of hydrazone groups is 1. The van der Waals surface area contributed by atoms with E-state index in [1.165, 1.54) is 7.11 Å². The molecule has 2 aromatic carbocycles. The lowest BCUT2D eigenvalue weighted by Crippen LogP contribution is -2.25. The van der Waals surface area contributed by atoms with E-state index < -0.39 is 5.97 Å². The lowest BCUT2D eigenvalue weighted by Gasteiger charge is -2.20. The molecule has 0 spiro atoms. The average molecular weight is 613 g/mol. The zero-order valence-corrected chi connectivity index (χ0v) is 22.7. The third kappa shape index (κ3) is 6.09. The fourth-order valence-corrected chi connectivity index (χ4v) is 4.92. The molecule has 0 unspecified atom stereocenters. The number of hydrogen-bond donors (Lipinski definition) is 1. The zero-order valence-electron chi connectivity index (χ0n) is 20.6. The Morgan fingerprint density at radius 2 is 1.59 bits per heavy atom. The topological polar surface area (TPSA) is 105 Å². The van der Waals surface area contributed by atoms with Crippen molar-refractivity contribution in [3.8, 4) is 11.5 Å². The molecule has 192 valence electrons. The number of carbonyl (C=O) groups excluding carboxylic acids is 1. The molecular weight excluding hydrogens is 585 g/mol. The molecule has 0 radical (unpaired) electrons. The summed E-state index contributed by atoms with van der Waals surface area (Å²) >= 11 is 2.11. The van der Waals surface area contributed by atoms with E-state index >= 15 is 0 Å². The molecule has 2 fully saturated rings. The Balaban J connectivity index is 1.30. The molecule has 2 saturated heterocycles. The highest BCUT2D eigenvalue weighted by Gasteiger charge is 2.21. The van der Waals surface area contributed by atoms with Crippen LogP contribution in [0, 0.1) is 3.57 Å². The molecule has 0 amide bonds. The fraction of sp³-hybridized carbons (Fsp3) is 0.346. The van der Waals surface area contributed by atoms with Gasteiger partial charge in [-0.3, -0.25) is 0 Å². The predicted octanol–water partition coefficient (Wildman–Crippen LogP) is 4.35. The zero-order chi connectivity index (χ0) is 25.6. The predicted molar refractivity (Wildman–Crippen MR) is 151 cm³/mol. The summed E-state index contributed by atoms with van der Waals surface area (Å²) in [5, 5.41) is 4.34. The SMILES string of the molecule is COc1cc(/C=N\Nc2nc(N3CCCC3)nc(N3CCCC3)n2)ccc1OC(=O)c1ccccc1I. The maximum absolute atomic E-state index is 12.6. The number of rotatable bonds is 8. The third-order valence-electron chi connectivity index (χ3n) is 6.25. The van der Waals surface area contributed by atoms with Gasteiger partial charge in [-0.15, -0.1) is 0 Å². The largest absolute Gasteiger partial charge is 0.493 e. The summed E-state index contributed by atoms with van der Waals surface area (Å²) in [7, 11) is 1.53. The van der Waals surface area contributed by atoms with Crippen LogP contribution in [0.1, 0.15) is 41.6 Å². The molecule has 2 aliphatic heterocycles. The van der Waals surface area contributed by atoms with Crippen LogP contribution in [0.3, 0.4) is 0 Å². The molecule has 37 heavy (non-hydrogen) atoms. The number of carbonyl (C=O) groups is 1. The minimum absolute atomic E-state index is 0.334. The van der Waals surface area contributed by atoms with Crippen molar-refractivity contribution in [3.05, 3.63) is 57.2 Å². The van der Waals surface area contributed by atoms with Crippen molar-refractivity contribution in [1.29, 1.82) is 0 Å². The Labute approximate surface area is 229 Å². The first kappa shape index (κ1) is 25.2. The summed E-state index contributed by atoms with van der Waals surface area (Å²) in [4.78, 5) is 30.9. The summed E-state index contributed by atoms with van der Waals surface area (Å²) in [6.45, 7) is 3.80. The van der Waals surface area contributed by atoms with Gasteiger partial charge in [0.25, 0.3) is 0 Å². The Morgan fingerprint density at radius 3 is 2.22 bits per heavy atom. The van der Waals surface area contributed by atoms with Gasteiger partial charge in [-0.1, -0.05) is 12.1 Å². The van der Waals surface area contributed by atoms with Crippen LogP contribution >= 0.6 is 22.6 Å². The normalized spacial score (nSPS) is 15.4. The van der Waals surface area contributed by atoms with Gasteiger partial charge >= 0.3 is 5.97 Å². The van der Waals surface area contributed by atoms with Crippen molar-refractivity contribution in [2.24, 2.45) is 5.10 Å². The number of aromatic nitrogens is 3. The number of methoxy groups -OCH3 is 1. The number of hydrogen-bond acceptors (Lipinski definition) is 10. The number of esters is 1. The minimum atomic E-state index is -0.441. The van der Waals surface area contributed by atoms with Crippen molar-refractivity contribution in [2.75, 3.05) is 48.5 Å². The van der Waals surface area contributed by atoms with Crippen LogP contribution in [-0.2, 0) is 0 Å². The number of nitrogens with zero attached hydrogens (tertiary/aromatic N) is 6. The number of ether oxygens (including phenoxy) is 2. The molecule has 0 atom stereocenters. The van der Waals surface area contributed by atoms with Gasteiger partial charge in [0, 0.05) is 29.7 Å². The molecule has 1 aromatic heterocycles. The smallest absolute Gasteiger partial charge is 0.344 e. The monoisotopic (exact) mass is 613 g/mol. The molecular formula is C26H28IN7O3. The molecule has 0 aliphatic carbocycles. The summed E-state index contributed by atoms with van der Waals surface area (Å²) in [5.74, 6) is 2.10. The Hall–Kier alpha value is -3.48. The van der Waals surface area contributed by atoms with E-state index in [0.29, 0.717) is 34.9 Å². The maximum atomic E-state index is 12.6. The van der Waals surface area contributed by atoms with Crippen LogP contribution in [0.5, 0.6) is 11.5 Å². The Kier molecular flexibility index (Phi) is 7.97. The van der Waals surface area contributed by atoms with E-state index in [-0.39, 0.29) is 0 Å². The van der Waals surface area contributed by atoms with Crippen LogP contribution < -0.4 is 24.7 Å². The quantitative estimate of drug-likeness (QED) is 0.131. The van der Waals surface area contributed by atoms with Crippen LogP contribution in [0.4, 0.5) is 17.8 Å². The minimum Gasteiger partial charge on any atom is -0.493 e. The highest BCUT2D eigenvalue weighted by Crippen LogP contribution is 2.29. The first-order chi connectivity index (χ1) is 18.1. The molecule has 0 saturated carbocycles. The van der Waals surface area contributed by atoms with E-state index in [4.69, 9.17) is 14.5 Å². The van der Waals surface area contributed by atoms with Gasteiger partial charge in [-0.05, 0) is 84.2 Å². The molecule has 3 aromatic rings. The lowest BCUT2D eigenvalue weighted by atomic mass is 10.2. The van der Waals surface area contributed by atoms with Gasteiger partial charge in [0.2, 0.25) is 17.8 Å². The maximum Gasteiger partial charge on any atom is 0.344 e. The second-order valence-corrected chi connectivity index (χ2v) is 9.96. The molecule has 2 aliphatic rings. The number of nitrogens with one attached hydrogen (secondary N) is 1. The summed E-state index contributed by atoms with van der Waals surface area (Å²) < 4.78 is 11.9. The molecule has 1 N–H and O–H groups in total. The molecule has 5 rings (SSSR count). The Morgan fingerprint density at radius 1 is 0.946 bits per heavy atom. The van der Waals surface area contributed by atoms with Gasteiger partial charge in [0.05, 0.1) is 18.9 Å². The second-order valence-electron chi connectivity index (χ2n) is 8.80. The first-order valence-corrected chi connectivity index (χ1v) is 13.4. The van der Waals surface area contributed by atoms with Crippen molar-refractivity contribution >= 4 is 52.6 Å². The van der Waals surface area contributed by atoms with E-state index in [1.807, 2.05) is 12.1 Å². The van der Waals surface area contributed by atoms with E-state index in [0.717, 1.165) is 61.0 Å². The Bertz CT molecular complexity index is 1260. The van der Waals surface area contributed by atoms with Crippen LogP contribution in [0.2, 0.25) is 0 Å².